The van der Waals surface area contributed by atoms with Gasteiger partial charge >= 0.3 is 0 Å². The molecule has 0 heterocycles. The molecule has 0 radical (unpaired) electrons. The molecule has 0 aromatic heterocycles. The first-order valence-electron chi connectivity index (χ1n) is 0.482. The van der Waals surface area contributed by atoms with Crippen LogP contribution in [-0.2, 0) is 0 Å². The summed E-state index contributed by atoms with van der Waals surface area (Å²) in [6.45, 7) is 0. The molecule has 0 amide bonds. The van der Waals surface area contributed by atoms with Gasteiger partial charge in [-0.05, 0) is 0 Å². The van der Waals surface area contributed by atoms with E-state index in [2.05, 4.69) is 8.93 Å². The van der Waals surface area contributed by atoms with Crippen LogP contribution in [0.4, 0.5) is 0 Å². The summed E-state index contributed by atoms with van der Waals surface area (Å²) >= 11 is 0. The fraction of sp³-hybridized carbons (Fsp3) is 1.00. The molecule has 0 fully saturated rings. The second kappa shape index (κ2) is 9.65. The largest absolute Gasteiger partial charge is 0.280 e. The lowest BCUT2D eigenvalue weighted by atomic mass is 12.0. The van der Waals surface area contributed by atoms with Gasteiger partial charge in [0.1, 0.15) is 0 Å². The molecule has 0 aliphatic rings. The second-order valence-corrected chi connectivity index (χ2v) is 1.16. The van der Waals surface area contributed by atoms with Gasteiger partial charge in [0.2, 0.25) is 0 Å². The van der Waals surface area contributed by atoms with E-state index in [0.29, 0.717) is 8.06 Å². The van der Waals surface area contributed by atoms with E-state index in [4.69, 9.17) is 5.16 Å². The van der Waals surface area contributed by atoms with Crippen LogP contribution >= 0.6 is 17.0 Å². The molecule has 26 valence electrons. The minimum atomic E-state index is 0. The van der Waals surface area contributed by atoms with Crippen molar-refractivity contribution in [2.45, 2.75) is 7.43 Å². The molecule has 1 unspecified atom stereocenters. The van der Waals surface area contributed by atoms with Crippen LogP contribution in [-0.4, -0.2) is 0 Å². The highest BCUT2D eigenvalue weighted by Gasteiger charge is 1.17. The van der Waals surface area contributed by atoms with E-state index in [1.807, 2.05) is 0 Å². The molecule has 0 aliphatic heterocycles. The van der Waals surface area contributed by atoms with Crippen molar-refractivity contribution in [3.63, 3.8) is 0 Å². The Bertz CT molecular complexity index is 13.5. The van der Waals surface area contributed by atoms with Crippen LogP contribution in [0.1, 0.15) is 7.43 Å². The van der Waals surface area contributed by atoms with Crippen LogP contribution in [0.2, 0.25) is 0 Å². The normalized spacial score (nSPS) is 5.25. The Kier molecular flexibility index (Phi) is 21.3. The average Bonchev–Trinajstić information content (AvgIpc) is 0.918. The van der Waals surface area contributed by atoms with Crippen LogP contribution in [0, 0.1) is 5.16 Å². The van der Waals surface area contributed by atoms with Crippen LogP contribution < -0.4 is 0 Å². The van der Waals surface area contributed by atoms with Crippen molar-refractivity contribution in [2.24, 2.45) is 0 Å². The molecule has 1 N–H and O–H groups in total. The van der Waals surface area contributed by atoms with E-state index in [9.17, 15) is 0 Å². The van der Waals surface area contributed by atoms with Gasteiger partial charge in [0.15, 0.2) is 0 Å². The van der Waals surface area contributed by atoms with Gasteiger partial charge in [-0.15, -0.1) is 0 Å². The number of nitrogens with one attached hydrogen (secondary N) is 1. The molecule has 0 saturated carbocycles. The smallest absolute Gasteiger partial charge is 0.0190 e. The first kappa shape index (κ1) is 8.82. The van der Waals surface area contributed by atoms with Crippen LogP contribution in [0.15, 0.2) is 0 Å². The zero-order valence-corrected chi connectivity index (χ0v) is 3.57. The van der Waals surface area contributed by atoms with Gasteiger partial charge in [-0.2, -0.15) is 0 Å². The van der Waals surface area contributed by atoms with Gasteiger partial charge in [0, 0.05) is 8.06 Å². The lowest BCUT2D eigenvalue weighted by Crippen LogP contribution is -0.582. The molecular weight excluding hydrogens is 88.0 g/mol. The van der Waals surface area contributed by atoms with Crippen molar-refractivity contribution in [2.75, 3.05) is 0 Å². The monoisotopic (exact) mass is 95.0 g/mol. The highest BCUT2D eigenvalue weighted by molar-refractivity contribution is 7.96. The molecule has 0 aromatic carbocycles. The minimum absolute atomic E-state index is 0. The summed E-state index contributed by atoms with van der Waals surface area (Å²) in [6.07, 6.45) is 0. The molecule has 0 bridgehead atoms. The number of hydrogen-bond acceptors (Lipinski definition) is 1. The summed E-state index contributed by atoms with van der Waals surface area (Å²) in [5.41, 5.74) is 0. The maximum Gasteiger partial charge on any atom is 0.0190 e. The van der Waals surface area contributed by atoms with Gasteiger partial charge < -0.3 is 0 Å². The van der Waals surface area contributed by atoms with E-state index in [0.717, 1.165) is 0 Å². The molecule has 3 heteroatoms. The predicted octanol–water partition coefficient (Wildman–Crippen LogP) is 2.12. The van der Waals surface area contributed by atoms with Crippen molar-refractivity contribution in [1.82, 2.24) is 0 Å². The summed E-state index contributed by atoms with van der Waals surface area (Å²) in [7, 11) is 2.80. The third kappa shape index (κ3) is 21.1. The molecule has 0 spiro atoms. The maximum absolute atomic E-state index is 6.14. The van der Waals surface area contributed by atoms with Crippen molar-refractivity contribution >= 4 is 17.0 Å². The van der Waals surface area contributed by atoms with Gasteiger partial charge in [0.05, 0.1) is 0 Å². The zero-order valence-electron chi connectivity index (χ0n) is 1.52. The fourth-order valence-electron chi connectivity index (χ4n) is 0. The average molecular weight is 95.0 g/mol. The van der Waals surface area contributed by atoms with Crippen molar-refractivity contribution in [1.29, 1.82) is 5.16 Å². The van der Waals surface area contributed by atoms with Crippen LogP contribution in [0.3, 0.4) is 0 Å². The standard InChI is InChI=1S/CH4.H3NP2/c;1-3-2/h1H4;1H,2H2. The third-order valence-corrected chi connectivity index (χ3v) is 0. The SMILES string of the molecule is C.N=PP. The fourth-order valence-corrected chi connectivity index (χ4v) is 0. The summed E-state index contributed by atoms with van der Waals surface area (Å²) in [4.78, 5) is 0. The zero-order chi connectivity index (χ0) is 2.71. The molecule has 4 heavy (non-hydrogen) atoms. The predicted molar refractivity (Wildman–Crippen MR) is 26.1 cm³/mol. The molecule has 1 atom stereocenters. The minimum Gasteiger partial charge on any atom is -0.280 e. The number of hydrogen-bond donors (Lipinski definition) is 1. The Morgan fingerprint density at radius 1 is 1.75 bits per heavy atom. The molecule has 1 nitrogen and oxygen atoms in total. The second-order valence-electron chi connectivity index (χ2n) is 0.129. The summed E-state index contributed by atoms with van der Waals surface area (Å²) in [5.74, 6) is 0. The highest BCUT2D eigenvalue weighted by atomic mass is 32.0. The molecule has 0 aliphatic carbocycles. The molecule has 0 rings (SSSR count). The lowest BCUT2D eigenvalue weighted by molar-refractivity contribution is 1.66. The third-order valence-electron chi connectivity index (χ3n) is 0. The topological polar surface area (TPSA) is 23.9 Å². The molecular formula is CH7NP2. The van der Waals surface area contributed by atoms with Crippen molar-refractivity contribution in [3.8, 4) is 0 Å². The van der Waals surface area contributed by atoms with Crippen molar-refractivity contribution in [3.05, 3.63) is 0 Å². The first-order chi connectivity index (χ1) is 1.41. The summed E-state index contributed by atoms with van der Waals surface area (Å²) in [5, 5.41) is 6.14. The first-order valence-corrected chi connectivity index (χ1v) is 2.99. The van der Waals surface area contributed by atoms with Gasteiger partial charge in [-0.3, -0.25) is 5.16 Å². The quantitative estimate of drug-likeness (QED) is 0.445. The van der Waals surface area contributed by atoms with Crippen LogP contribution in [0.25, 0.3) is 0 Å². The summed E-state index contributed by atoms with van der Waals surface area (Å²) < 4.78 is 0. The van der Waals surface area contributed by atoms with E-state index in [1.165, 1.54) is 0 Å². The Morgan fingerprint density at radius 2 is 1.75 bits per heavy atom. The number of rotatable bonds is 0. The van der Waals surface area contributed by atoms with Gasteiger partial charge in [0.25, 0.3) is 0 Å². The highest BCUT2D eigenvalue weighted by Crippen LogP contribution is 2.00. The lowest BCUT2D eigenvalue weighted by Gasteiger charge is -1.29. The van der Waals surface area contributed by atoms with Gasteiger partial charge in [-0.25, -0.2) is 0 Å². The Labute approximate surface area is 30.6 Å². The summed E-state index contributed by atoms with van der Waals surface area (Å²) in [6, 6.07) is 0. The Hall–Kier alpha value is 0.530. The molecule has 0 aromatic rings. The Balaban J connectivity index is 0. The van der Waals surface area contributed by atoms with Gasteiger partial charge in [-0.1, -0.05) is 16.4 Å². The maximum atomic E-state index is 6.14. The van der Waals surface area contributed by atoms with E-state index in [1.54, 1.807) is 0 Å². The van der Waals surface area contributed by atoms with E-state index < -0.39 is 0 Å². The van der Waals surface area contributed by atoms with E-state index >= 15 is 0 Å². The Morgan fingerprint density at radius 3 is 1.75 bits per heavy atom. The van der Waals surface area contributed by atoms with E-state index in [-0.39, 0.29) is 7.43 Å². The van der Waals surface area contributed by atoms with Crippen LogP contribution in [0.5, 0.6) is 0 Å². The van der Waals surface area contributed by atoms with Crippen molar-refractivity contribution < 1.29 is 0 Å². The molecule has 0 saturated heterocycles.